The average Bonchev–Trinajstić information content (AvgIpc) is 2.95. The van der Waals surface area contributed by atoms with Crippen molar-refractivity contribution in [3.8, 4) is 0 Å². The molecule has 1 heterocycles. The Morgan fingerprint density at radius 1 is 1.35 bits per heavy atom. The number of hydrogen-bond acceptors (Lipinski definition) is 4. The number of nitrogens with one attached hydrogen (secondary N) is 2. The summed E-state index contributed by atoms with van der Waals surface area (Å²) in [6, 6.07) is 0. The van der Waals surface area contributed by atoms with Crippen molar-refractivity contribution in [3.05, 3.63) is 17.8 Å². The van der Waals surface area contributed by atoms with Gasteiger partial charge in [0.05, 0.1) is 12.7 Å². The third-order valence-electron chi connectivity index (χ3n) is 3.11. The highest BCUT2D eigenvalue weighted by Gasteiger charge is 2.19. The van der Waals surface area contributed by atoms with Crippen molar-refractivity contribution in [3.63, 3.8) is 0 Å². The minimum Gasteiger partial charge on any atom is -0.443 e. The first-order chi connectivity index (χ1) is 10.7. The molecule has 7 heteroatoms. The van der Waals surface area contributed by atoms with Crippen LogP contribution in [0.4, 0.5) is 0 Å². The number of aromatic nitrogens is 1. The SMILES string of the molecule is CCCNC(=NCC(=O)N(C)C)NCc1ncc(C(C)(C)C)o1. The van der Waals surface area contributed by atoms with E-state index in [-0.39, 0.29) is 17.9 Å². The van der Waals surface area contributed by atoms with Gasteiger partial charge in [-0.25, -0.2) is 9.98 Å². The Balaban J connectivity index is 2.65. The van der Waals surface area contributed by atoms with E-state index in [1.54, 1.807) is 20.3 Å². The lowest BCUT2D eigenvalue weighted by Crippen LogP contribution is -2.38. The number of aliphatic imine (C=N–C) groups is 1. The molecule has 2 N–H and O–H groups in total. The molecule has 23 heavy (non-hydrogen) atoms. The lowest BCUT2D eigenvalue weighted by Gasteiger charge is -2.14. The van der Waals surface area contributed by atoms with Gasteiger partial charge in [0.1, 0.15) is 12.3 Å². The van der Waals surface area contributed by atoms with Crippen LogP contribution in [-0.2, 0) is 16.8 Å². The van der Waals surface area contributed by atoms with Crippen LogP contribution in [0.3, 0.4) is 0 Å². The molecule has 0 aliphatic heterocycles. The van der Waals surface area contributed by atoms with E-state index < -0.39 is 0 Å². The van der Waals surface area contributed by atoms with Crippen molar-refractivity contribution in [2.75, 3.05) is 27.2 Å². The van der Waals surface area contributed by atoms with Gasteiger partial charge >= 0.3 is 0 Å². The number of oxazole rings is 1. The molecule has 0 aliphatic carbocycles. The first-order valence-electron chi connectivity index (χ1n) is 7.91. The summed E-state index contributed by atoms with van der Waals surface area (Å²) in [6.07, 6.45) is 2.72. The van der Waals surface area contributed by atoms with Gasteiger partial charge in [-0.05, 0) is 6.42 Å². The molecule has 1 amide bonds. The van der Waals surface area contributed by atoms with Crippen LogP contribution in [0.1, 0.15) is 45.8 Å². The number of rotatable bonds is 6. The highest BCUT2D eigenvalue weighted by Crippen LogP contribution is 2.22. The second-order valence-electron chi connectivity index (χ2n) is 6.60. The molecule has 1 aromatic rings. The molecular formula is C16H29N5O2. The van der Waals surface area contributed by atoms with Crippen LogP contribution in [-0.4, -0.2) is 48.9 Å². The fraction of sp³-hybridized carbons (Fsp3) is 0.688. The summed E-state index contributed by atoms with van der Waals surface area (Å²) >= 11 is 0. The van der Waals surface area contributed by atoms with Gasteiger partial charge < -0.3 is 20.0 Å². The molecule has 0 spiro atoms. The molecule has 0 aliphatic rings. The highest BCUT2D eigenvalue weighted by atomic mass is 16.4. The van der Waals surface area contributed by atoms with Gasteiger partial charge in [0.15, 0.2) is 5.96 Å². The van der Waals surface area contributed by atoms with Crippen molar-refractivity contribution in [2.45, 2.75) is 46.1 Å². The Morgan fingerprint density at radius 3 is 2.57 bits per heavy atom. The lowest BCUT2D eigenvalue weighted by molar-refractivity contribution is -0.127. The van der Waals surface area contributed by atoms with Crippen LogP contribution in [0.25, 0.3) is 0 Å². The molecule has 0 fully saturated rings. The third kappa shape index (κ3) is 6.71. The number of carbonyl (C=O) groups excluding carboxylic acids is 1. The number of hydrogen-bond donors (Lipinski definition) is 2. The van der Waals surface area contributed by atoms with Crippen molar-refractivity contribution in [1.29, 1.82) is 0 Å². The maximum atomic E-state index is 11.6. The standard InChI is InChI=1S/C16H29N5O2/c1-7-8-17-15(20-11-14(22)21(5)6)19-10-13-18-9-12(23-13)16(2,3)4/h9H,7-8,10-11H2,1-6H3,(H2,17,19,20). The molecule has 0 saturated carbocycles. The van der Waals surface area contributed by atoms with Gasteiger partial charge in [-0.1, -0.05) is 27.7 Å². The zero-order valence-corrected chi connectivity index (χ0v) is 15.1. The molecule has 0 saturated heterocycles. The van der Waals surface area contributed by atoms with Crippen molar-refractivity contribution in [1.82, 2.24) is 20.5 Å². The molecule has 1 rings (SSSR count). The van der Waals surface area contributed by atoms with E-state index in [0.717, 1.165) is 18.7 Å². The van der Waals surface area contributed by atoms with E-state index in [9.17, 15) is 4.79 Å². The van der Waals surface area contributed by atoms with Crippen LogP contribution in [0.5, 0.6) is 0 Å². The zero-order chi connectivity index (χ0) is 17.5. The summed E-state index contributed by atoms with van der Waals surface area (Å²) in [5.74, 6) is 1.98. The summed E-state index contributed by atoms with van der Waals surface area (Å²) in [7, 11) is 3.43. The molecule has 7 nitrogen and oxygen atoms in total. The molecule has 0 atom stereocenters. The zero-order valence-electron chi connectivity index (χ0n) is 15.1. The Hall–Kier alpha value is -2.05. The van der Waals surface area contributed by atoms with E-state index in [1.807, 2.05) is 0 Å². The minimum absolute atomic E-state index is 0.0475. The maximum Gasteiger partial charge on any atom is 0.243 e. The number of nitrogens with zero attached hydrogens (tertiary/aromatic N) is 3. The molecule has 0 bridgehead atoms. The second kappa shape index (κ2) is 8.55. The average molecular weight is 323 g/mol. The summed E-state index contributed by atoms with van der Waals surface area (Å²) in [4.78, 5) is 21.7. The molecular weight excluding hydrogens is 294 g/mol. The van der Waals surface area contributed by atoms with Gasteiger partial charge in [0.25, 0.3) is 0 Å². The fourth-order valence-electron chi connectivity index (χ4n) is 1.60. The van der Waals surface area contributed by atoms with Crippen LogP contribution in [0.15, 0.2) is 15.6 Å². The largest absolute Gasteiger partial charge is 0.443 e. The Kier molecular flexibility index (Phi) is 7.06. The van der Waals surface area contributed by atoms with E-state index in [0.29, 0.717) is 18.4 Å². The van der Waals surface area contributed by atoms with Gasteiger partial charge in [-0.15, -0.1) is 0 Å². The quantitative estimate of drug-likeness (QED) is 0.612. The predicted molar refractivity (Wildman–Crippen MR) is 91.3 cm³/mol. The fourth-order valence-corrected chi connectivity index (χ4v) is 1.60. The smallest absolute Gasteiger partial charge is 0.243 e. The van der Waals surface area contributed by atoms with Crippen LogP contribution in [0.2, 0.25) is 0 Å². The number of amides is 1. The molecule has 0 radical (unpaired) electrons. The normalized spacial score (nSPS) is 12.2. The Morgan fingerprint density at radius 2 is 2.04 bits per heavy atom. The summed E-state index contributed by atoms with van der Waals surface area (Å²) < 4.78 is 5.74. The summed E-state index contributed by atoms with van der Waals surface area (Å²) in [6.45, 7) is 9.60. The van der Waals surface area contributed by atoms with Crippen molar-refractivity contribution >= 4 is 11.9 Å². The van der Waals surface area contributed by atoms with E-state index in [1.165, 1.54) is 4.90 Å². The van der Waals surface area contributed by atoms with Crippen LogP contribution in [0, 0.1) is 0 Å². The number of likely N-dealkylation sites (N-methyl/N-ethyl adjacent to an activating group) is 1. The maximum absolute atomic E-state index is 11.6. The van der Waals surface area contributed by atoms with Crippen molar-refractivity contribution in [2.24, 2.45) is 4.99 Å². The summed E-state index contributed by atoms with van der Waals surface area (Å²) in [5, 5.41) is 6.31. The van der Waals surface area contributed by atoms with Gasteiger partial charge in [0.2, 0.25) is 11.8 Å². The van der Waals surface area contributed by atoms with Gasteiger partial charge in [-0.2, -0.15) is 0 Å². The lowest BCUT2D eigenvalue weighted by atomic mass is 9.94. The third-order valence-corrected chi connectivity index (χ3v) is 3.11. The first kappa shape index (κ1) is 19.0. The number of guanidine groups is 1. The molecule has 0 aromatic carbocycles. The second-order valence-corrected chi connectivity index (χ2v) is 6.60. The van der Waals surface area contributed by atoms with Crippen molar-refractivity contribution < 1.29 is 9.21 Å². The predicted octanol–water partition coefficient (Wildman–Crippen LogP) is 1.51. The van der Waals surface area contributed by atoms with Gasteiger partial charge in [-0.3, -0.25) is 4.79 Å². The molecule has 1 aromatic heterocycles. The minimum atomic E-state index is -0.0687. The van der Waals surface area contributed by atoms with E-state index >= 15 is 0 Å². The van der Waals surface area contributed by atoms with Crippen LogP contribution >= 0.6 is 0 Å². The highest BCUT2D eigenvalue weighted by molar-refractivity contribution is 5.84. The molecule has 130 valence electrons. The Labute approximate surface area is 138 Å². The molecule has 0 unspecified atom stereocenters. The van der Waals surface area contributed by atoms with Crippen LogP contribution < -0.4 is 10.6 Å². The van der Waals surface area contributed by atoms with E-state index in [4.69, 9.17) is 4.42 Å². The first-order valence-corrected chi connectivity index (χ1v) is 7.91. The topological polar surface area (TPSA) is 82.8 Å². The summed E-state index contributed by atoms with van der Waals surface area (Å²) in [5.41, 5.74) is -0.0687. The van der Waals surface area contributed by atoms with E-state index in [2.05, 4.69) is 48.3 Å². The monoisotopic (exact) mass is 323 g/mol. The number of carbonyl (C=O) groups is 1. The van der Waals surface area contributed by atoms with Gasteiger partial charge in [0, 0.05) is 26.1 Å². The Bertz CT molecular complexity index is 529.